The maximum Gasteiger partial charge on any atom is 0.148 e. The van der Waals surface area contributed by atoms with Crippen molar-refractivity contribution < 1.29 is 0 Å². The van der Waals surface area contributed by atoms with E-state index in [2.05, 4.69) is 44.7 Å². The van der Waals surface area contributed by atoms with Gasteiger partial charge in [0.15, 0.2) is 0 Å². The van der Waals surface area contributed by atoms with Gasteiger partial charge in [-0.1, -0.05) is 6.92 Å². The van der Waals surface area contributed by atoms with E-state index in [-0.39, 0.29) is 0 Å². The molecule has 0 aromatic carbocycles. The van der Waals surface area contributed by atoms with Crippen LogP contribution in [0, 0.1) is 6.92 Å². The fraction of sp³-hybridized carbons (Fsp3) is 0.417. The van der Waals surface area contributed by atoms with Crippen LogP contribution in [0.15, 0.2) is 15.9 Å². The van der Waals surface area contributed by atoms with Gasteiger partial charge in [0, 0.05) is 15.9 Å². The van der Waals surface area contributed by atoms with Crippen LogP contribution in [-0.2, 0) is 13.1 Å². The summed E-state index contributed by atoms with van der Waals surface area (Å²) in [6.07, 6.45) is 1.04. The summed E-state index contributed by atoms with van der Waals surface area (Å²) in [6, 6.07) is 2.06. The number of nitrogens with two attached hydrogens (primary N) is 1. The summed E-state index contributed by atoms with van der Waals surface area (Å²) in [4.78, 5) is 1.26. The summed E-state index contributed by atoms with van der Waals surface area (Å²) in [5.74, 6) is 0.926. The van der Waals surface area contributed by atoms with Gasteiger partial charge in [0.2, 0.25) is 0 Å². The number of halogens is 1. The lowest BCUT2D eigenvalue weighted by Gasteiger charge is -2.09. The molecule has 0 aliphatic heterocycles. The lowest BCUT2D eigenvalue weighted by atomic mass is 10.3. The van der Waals surface area contributed by atoms with Crippen LogP contribution in [-0.4, -0.2) is 9.78 Å². The first kappa shape index (κ1) is 13.4. The van der Waals surface area contributed by atoms with Gasteiger partial charge in [-0.25, -0.2) is 4.68 Å². The van der Waals surface area contributed by atoms with Gasteiger partial charge >= 0.3 is 0 Å². The minimum Gasteiger partial charge on any atom is -0.394 e. The Hall–Kier alpha value is -1.01. The van der Waals surface area contributed by atoms with Crippen LogP contribution in [0.3, 0.4) is 0 Å². The van der Waals surface area contributed by atoms with Crippen molar-refractivity contribution in [3.05, 3.63) is 26.5 Å². The quantitative estimate of drug-likeness (QED) is 0.881. The Kier molecular flexibility index (Phi) is 4.29. The van der Waals surface area contributed by atoms with E-state index in [1.165, 1.54) is 4.88 Å². The molecule has 98 valence electrons. The highest BCUT2D eigenvalue weighted by molar-refractivity contribution is 9.10. The predicted octanol–water partition coefficient (Wildman–Crippen LogP) is 3.62. The number of aryl methyl sites for hydroxylation is 2. The fourth-order valence-corrected chi connectivity index (χ4v) is 3.20. The molecule has 0 amide bonds. The molecule has 0 saturated carbocycles. The Labute approximate surface area is 119 Å². The Bertz CT molecular complexity index is 532. The number of anilines is 2. The van der Waals surface area contributed by atoms with Gasteiger partial charge in [0.1, 0.15) is 5.82 Å². The normalized spacial score (nSPS) is 10.8. The first-order valence-corrected chi connectivity index (χ1v) is 7.59. The highest BCUT2D eigenvalue weighted by Gasteiger charge is 2.12. The molecule has 0 fully saturated rings. The van der Waals surface area contributed by atoms with Crippen molar-refractivity contribution >= 4 is 38.8 Å². The molecule has 0 saturated heterocycles. The van der Waals surface area contributed by atoms with E-state index in [4.69, 9.17) is 5.73 Å². The molecule has 2 heterocycles. The molecule has 2 aromatic rings. The zero-order chi connectivity index (χ0) is 13.1. The summed E-state index contributed by atoms with van der Waals surface area (Å²) in [5.41, 5.74) is 7.69. The molecule has 0 spiro atoms. The Morgan fingerprint density at radius 2 is 2.33 bits per heavy atom. The average molecular weight is 329 g/mol. The van der Waals surface area contributed by atoms with Crippen LogP contribution in [0.25, 0.3) is 0 Å². The summed E-state index contributed by atoms with van der Waals surface area (Å²) < 4.78 is 3.09. The molecule has 4 nitrogen and oxygen atoms in total. The smallest absolute Gasteiger partial charge is 0.148 e. The Morgan fingerprint density at radius 1 is 1.56 bits per heavy atom. The van der Waals surface area contributed by atoms with Gasteiger partial charge < -0.3 is 11.1 Å². The molecule has 0 unspecified atom stereocenters. The van der Waals surface area contributed by atoms with Gasteiger partial charge in [-0.05, 0) is 40.7 Å². The van der Waals surface area contributed by atoms with E-state index in [1.54, 1.807) is 11.3 Å². The summed E-state index contributed by atoms with van der Waals surface area (Å²) in [5, 5.41) is 9.90. The predicted molar refractivity (Wildman–Crippen MR) is 81.0 cm³/mol. The highest BCUT2D eigenvalue weighted by Crippen LogP contribution is 2.27. The molecular formula is C12H17BrN4S. The van der Waals surface area contributed by atoms with Crippen molar-refractivity contribution in [1.29, 1.82) is 0 Å². The van der Waals surface area contributed by atoms with E-state index in [9.17, 15) is 0 Å². The third-order valence-electron chi connectivity index (χ3n) is 2.72. The van der Waals surface area contributed by atoms with Crippen molar-refractivity contribution in [1.82, 2.24) is 9.78 Å². The molecule has 6 heteroatoms. The average Bonchev–Trinajstić information content (AvgIpc) is 2.85. The molecule has 2 aromatic heterocycles. The van der Waals surface area contributed by atoms with Crippen molar-refractivity contribution in [3.8, 4) is 0 Å². The molecule has 0 radical (unpaired) electrons. The number of nitrogens with one attached hydrogen (secondary N) is 1. The minimum absolute atomic E-state index is 0.746. The van der Waals surface area contributed by atoms with E-state index in [1.807, 2.05) is 11.6 Å². The first-order chi connectivity index (χ1) is 8.63. The van der Waals surface area contributed by atoms with Gasteiger partial charge in [-0.2, -0.15) is 5.10 Å². The minimum atomic E-state index is 0.746. The van der Waals surface area contributed by atoms with Gasteiger partial charge in [0.05, 0.1) is 17.9 Å². The molecule has 2 rings (SSSR count). The number of aromatic nitrogens is 2. The molecule has 18 heavy (non-hydrogen) atoms. The highest BCUT2D eigenvalue weighted by atomic mass is 79.9. The van der Waals surface area contributed by atoms with Crippen LogP contribution in [0.1, 0.15) is 23.9 Å². The second kappa shape index (κ2) is 5.75. The zero-order valence-electron chi connectivity index (χ0n) is 10.5. The first-order valence-electron chi connectivity index (χ1n) is 5.92. The lowest BCUT2D eigenvalue weighted by molar-refractivity contribution is 0.603. The number of hydrogen-bond acceptors (Lipinski definition) is 4. The number of thiophene rings is 1. The van der Waals surface area contributed by atoms with E-state index in [0.717, 1.165) is 41.2 Å². The second-order valence-electron chi connectivity index (χ2n) is 4.12. The molecule has 0 bridgehead atoms. The van der Waals surface area contributed by atoms with Crippen LogP contribution >= 0.6 is 27.3 Å². The third-order valence-corrected chi connectivity index (χ3v) is 4.64. The maximum absolute atomic E-state index is 6.06. The van der Waals surface area contributed by atoms with Crippen LogP contribution in [0.5, 0.6) is 0 Å². The summed E-state index contributed by atoms with van der Waals surface area (Å²) >= 11 is 5.25. The number of nitrogens with zero attached hydrogens (tertiary/aromatic N) is 2. The topological polar surface area (TPSA) is 55.9 Å². The van der Waals surface area contributed by atoms with Crippen molar-refractivity contribution in [2.75, 3.05) is 11.1 Å². The van der Waals surface area contributed by atoms with Crippen molar-refractivity contribution in [2.24, 2.45) is 0 Å². The number of hydrogen-bond donors (Lipinski definition) is 2. The zero-order valence-corrected chi connectivity index (χ0v) is 12.9. The molecule has 0 aliphatic rings. The monoisotopic (exact) mass is 328 g/mol. The molecule has 3 N–H and O–H groups in total. The number of rotatable bonds is 5. The van der Waals surface area contributed by atoms with Gasteiger partial charge in [-0.15, -0.1) is 11.3 Å². The lowest BCUT2D eigenvalue weighted by Crippen LogP contribution is -2.08. The number of nitrogen functional groups attached to an aromatic ring is 1. The van der Waals surface area contributed by atoms with Gasteiger partial charge in [-0.3, -0.25) is 0 Å². The molecular weight excluding hydrogens is 312 g/mol. The van der Waals surface area contributed by atoms with Crippen LogP contribution < -0.4 is 11.1 Å². The molecule has 0 aliphatic carbocycles. The van der Waals surface area contributed by atoms with Crippen LogP contribution in [0.2, 0.25) is 0 Å². The largest absolute Gasteiger partial charge is 0.394 e. The Balaban J connectivity index is 2.15. The van der Waals surface area contributed by atoms with Gasteiger partial charge in [0.25, 0.3) is 0 Å². The van der Waals surface area contributed by atoms with E-state index in [0.29, 0.717) is 0 Å². The van der Waals surface area contributed by atoms with Crippen LogP contribution in [0.4, 0.5) is 11.5 Å². The van der Waals surface area contributed by atoms with E-state index >= 15 is 0 Å². The SMILES string of the molecule is CCCn1nc(C)c(N)c1NCc1sccc1Br. The standard InChI is InChI=1S/C12H17BrN4S/c1-3-5-17-12(11(14)8(2)16-17)15-7-10-9(13)4-6-18-10/h4,6,15H,3,5,7,14H2,1-2H3. The fourth-order valence-electron chi connectivity index (χ4n) is 1.77. The van der Waals surface area contributed by atoms with Crippen molar-refractivity contribution in [2.45, 2.75) is 33.4 Å². The third kappa shape index (κ3) is 2.70. The second-order valence-corrected chi connectivity index (χ2v) is 5.97. The maximum atomic E-state index is 6.06. The summed E-state index contributed by atoms with van der Waals surface area (Å²) in [7, 11) is 0. The van der Waals surface area contributed by atoms with Crippen molar-refractivity contribution in [3.63, 3.8) is 0 Å². The summed E-state index contributed by atoms with van der Waals surface area (Å²) in [6.45, 7) is 5.71. The van der Waals surface area contributed by atoms with E-state index < -0.39 is 0 Å². The Morgan fingerprint density at radius 3 is 2.94 bits per heavy atom. The molecule has 0 atom stereocenters.